The van der Waals surface area contributed by atoms with E-state index >= 15 is 0 Å². The molecule has 0 unspecified atom stereocenters. The zero-order chi connectivity index (χ0) is 26.7. The summed E-state index contributed by atoms with van der Waals surface area (Å²) in [7, 11) is 0. The van der Waals surface area contributed by atoms with Crippen molar-refractivity contribution in [2.75, 3.05) is 5.43 Å². The molecule has 3 aromatic carbocycles. The first-order valence-electron chi connectivity index (χ1n) is 11.2. The van der Waals surface area contributed by atoms with E-state index in [0.717, 1.165) is 16.8 Å². The molecule has 1 heterocycles. The molecule has 0 radical (unpaired) electrons. The van der Waals surface area contributed by atoms with Crippen molar-refractivity contribution in [1.29, 1.82) is 0 Å². The fourth-order valence-corrected chi connectivity index (χ4v) is 4.17. The Morgan fingerprint density at radius 1 is 0.919 bits per heavy atom. The van der Waals surface area contributed by atoms with E-state index < -0.39 is 35.1 Å². The van der Waals surface area contributed by atoms with Gasteiger partial charge in [-0.25, -0.2) is 14.9 Å². The molecule has 7 nitrogen and oxygen atoms in total. The van der Waals surface area contributed by atoms with Crippen LogP contribution in [0.5, 0.6) is 0 Å². The van der Waals surface area contributed by atoms with Crippen molar-refractivity contribution in [3.8, 4) is 0 Å². The van der Waals surface area contributed by atoms with Gasteiger partial charge in [0.25, 0.3) is 0 Å². The molecule has 37 heavy (non-hydrogen) atoms. The van der Waals surface area contributed by atoms with E-state index in [4.69, 9.17) is 10.5 Å². The summed E-state index contributed by atoms with van der Waals surface area (Å²) in [6.45, 7) is 1.39. The highest BCUT2D eigenvalue weighted by molar-refractivity contribution is 6.13. The Balaban J connectivity index is 1.68. The number of halogens is 3. The number of carbonyl (C=O) groups excluding carboxylic acids is 3. The van der Waals surface area contributed by atoms with Crippen LogP contribution in [0.1, 0.15) is 38.3 Å². The number of rotatable bonds is 7. The van der Waals surface area contributed by atoms with Gasteiger partial charge >= 0.3 is 12.3 Å². The summed E-state index contributed by atoms with van der Waals surface area (Å²) in [4.78, 5) is 37.6. The summed E-state index contributed by atoms with van der Waals surface area (Å²) < 4.78 is 47.4. The van der Waals surface area contributed by atoms with Crippen LogP contribution in [0.3, 0.4) is 0 Å². The number of hydrogen-bond acceptors (Lipinski definition) is 4. The van der Waals surface area contributed by atoms with Gasteiger partial charge in [-0.05, 0) is 35.7 Å². The summed E-state index contributed by atoms with van der Waals surface area (Å²) in [5.41, 5.74) is 7.93. The lowest BCUT2D eigenvalue weighted by Crippen LogP contribution is -2.28. The molecular weight excluding hydrogens is 487 g/mol. The van der Waals surface area contributed by atoms with Crippen LogP contribution in [0.15, 0.2) is 72.8 Å². The van der Waals surface area contributed by atoms with Gasteiger partial charge in [0.05, 0.1) is 17.5 Å². The molecular formula is C27H22F3N3O4. The molecule has 0 saturated heterocycles. The van der Waals surface area contributed by atoms with Gasteiger partial charge < -0.3 is 10.5 Å². The summed E-state index contributed by atoms with van der Waals surface area (Å²) in [5, 5.41) is 0.572. The Bertz CT molecular complexity index is 1510. The number of ether oxygens (including phenoxy) is 1. The molecule has 0 spiro atoms. The van der Waals surface area contributed by atoms with Crippen LogP contribution in [0, 0.1) is 6.92 Å². The molecule has 10 heteroatoms. The number of carbonyl (C=O) groups is 3. The number of primary amides is 1. The SMILES string of the molecule is Cc1c(C(=O)c2ccccc2C(F)(F)F)n(NC(=O)OCc2ccccc2CC(N)=O)c2ccccc12. The number of fused-ring (bicyclic) bond motifs is 1. The largest absolute Gasteiger partial charge is 0.443 e. The molecule has 190 valence electrons. The van der Waals surface area contributed by atoms with Crippen LogP contribution in [0.25, 0.3) is 10.9 Å². The molecule has 0 bridgehead atoms. The summed E-state index contributed by atoms with van der Waals surface area (Å²) in [6, 6.07) is 18.0. The van der Waals surface area contributed by atoms with Crippen LogP contribution in [0.4, 0.5) is 18.0 Å². The minimum atomic E-state index is -4.75. The average molecular weight is 509 g/mol. The third kappa shape index (κ3) is 5.32. The van der Waals surface area contributed by atoms with Crippen LogP contribution < -0.4 is 11.2 Å². The Morgan fingerprint density at radius 3 is 2.24 bits per heavy atom. The molecule has 0 fully saturated rings. The number of nitrogens with two attached hydrogens (primary N) is 1. The summed E-state index contributed by atoms with van der Waals surface area (Å²) in [6.07, 6.45) is -5.74. The first-order valence-corrected chi connectivity index (χ1v) is 11.2. The number of hydrogen-bond donors (Lipinski definition) is 2. The normalized spacial score (nSPS) is 11.4. The van der Waals surface area contributed by atoms with Crippen molar-refractivity contribution in [1.82, 2.24) is 4.68 Å². The summed E-state index contributed by atoms with van der Waals surface area (Å²) in [5.74, 6) is -1.46. The fourth-order valence-electron chi connectivity index (χ4n) is 4.17. The number of para-hydroxylation sites is 1. The maximum absolute atomic E-state index is 13.6. The summed E-state index contributed by atoms with van der Waals surface area (Å²) >= 11 is 0. The lowest BCUT2D eigenvalue weighted by atomic mass is 9.99. The van der Waals surface area contributed by atoms with Crippen molar-refractivity contribution in [2.45, 2.75) is 26.1 Å². The van der Waals surface area contributed by atoms with Crippen molar-refractivity contribution >= 4 is 28.7 Å². The maximum atomic E-state index is 13.6. The number of aromatic nitrogens is 1. The number of nitrogens with zero attached hydrogens (tertiary/aromatic N) is 1. The van der Waals surface area contributed by atoms with Crippen LogP contribution in [-0.4, -0.2) is 22.5 Å². The zero-order valence-electron chi connectivity index (χ0n) is 19.6. The maximum Gasteiger partial charge on any atom is 0.426 e. The number of alkyl halides is 3. The highest BCUT2D eigenvalue weighted by atomic mass is 19.4. The highest BCUT2D eigenvalue weighted by Crippen LogP contribution is 2.34. The first-order chi connectivity index (χ1) is 17.6. The Labute approximate surface area is 209 Å². The molecule has 1 aromatic heterocycles. The van der Waals surface area contributed by atoms with E-state index in [0.29, 0.717) is 27.6 Å². The second-order valence-electron chi connectivity index (χ2n) is 8.30. The molecule has 0 aliphatic rings. The topological polar surface area (TPSA) is 103 Å². The zero-order valence-corrected chi connectivity index (χ0v) is 19.6. The number of aryl methyl sites for hydroxylation is 1. The van der Waals surface area contributed by atoms with Gasteiger partial charge in [0.15, 0.2) is 0 Å². The Morgan fingerprint density at radius 2 is 1.54 bits per heavy atom. The lowest BCUT2D eigenvalue weighted by Gasteiger charge is -2.16. The lowest BCUT2D eigenvalue weighted by molar-refractivity contribution is -0.137. The Hall–Kier alpha value is -4.60. The monoisotopic (exact) mass is 509 g/mol. The van der Waals surface area contributed by atoms with E-state index in [-0.39, 0.29) is 18.7 Å². The van der Waals surface area contributed by atoms with Gasteiger partial charge in [-0.1, -0.05) is 60.7 Å². The van der Waals surface area contributed by atoms with Crippen molar-refractivity contribution in [2.24, 2.45) is 5.73 Å². The minimum Gasteiger partial charge on any atom is -0.443 e. The van der Waals surface area contributed by atoms with E-state index in [1.165, 1.54) is 12.1 Å². The second-order valence-corrected chi connectivity index (χ2v) is 8.30. The van der Waals surface area contributed by atoms with Crippen molar-refractivity contribution < 1.29 is 32.3 Å². The van der Waals surface area contributed by atoms with Gasteiger partial charge in [-0.15, -0.1) is 0 Å². The predicted molar refractivity (Wildman–Crippen MR) is 130 cm³/mol. The van der Waals surface area contributed by atoms with Crippen molar-refractivity contribution in [3.05, 3.63) is 106 Å². The molecule has 0 aliphatic heterocycles. The van der Waals surface area contributed by atoms with Gasteiger partial charge in [0.2, 0.25) is 11.7 Å². The van der Waals surface area contributed by atoms with Gasteiger partial charge in [0, 0.05) is 10.9 Å². The Kier molecular flexibility index (Phi) is 7.01. The molecule has 2 amide bonds. The van der Waals surface area contributed by atoms with Crippen LogP contribution in [0.2, 0.25) is 0 Å². The van der Waals surface area contributed by atoms with E-state index in [1.54, 1.807) is 55.5 Å². The highest BCUT2D eigenvalue weighted by Gasteiger charge is 2.36. The number of amides is 2. The number of ketones is 1. The third-order valence-electron chi connectivity index (χ3n) is 5.86. The molecule has 3 N–H and O–H groups in total. The second kappa shape index (κ2) is 10.2. The quantitative estimate of drug-likeness (QED) is 0.338. The molecule has 0 atom stereocenters. The standard InChI is InChI=1S/C27H22F3N3O4/c1-16-19-10-5-7-13-22(19)33(24(16)25(35)20-11-4-6-12-21(20)27(28,29)30)32-26(36)37-15-18-9-3-2-8-17(18)14-23(31)34/h2-13H,14-15H2,1H3,(H2,31,34)(H,32,36). The third-order valence-corrected chi connectivity index (χ3v) is 5.86. The molecule has 4 rings (SSSR count). The smallest absolute Gasteiger partial charge is 0.426 e. The van der Waals surface area contributed by atoms with E-state index in [1.807, 2.05) is 0 Å². The average Bonchev–Trinajstić information content (AvgIpc) is 3.13. The number of nitrogens with one attached hydrogen (secondary N) is 1. The van der Waals surface area contributed by atoms with E-state index in [2.05, 4.69) is 5.43 Å². The molecule has 0 saturated carbocycles. The van der Waals surface area contributed by atoms with E-state index in [9.17, 15) is 27.6 Å². The first kappa shape index (κ1) is 25.5. The predicted octanol–water partition coefficient (Wildman–Crippen LogP) is 5.11. The van der Waals surface area contributed by atoms with Gasteiger partial charge in [-0.3, -0.25) is 9.59 Å². The van der Waals surface area contributed by atoms with Gasteiger partial charge in [0.1, 0.15) is 12.3 Å². The molecule has 0 aliphatic carbocycles. The van der Waals surface area contributed by atoms with Crippen LogP contribution in [-0.2, 0) is 28.7 Å². The number of benzene rings is 3. The van der Waals surface area contributed by atoms with Crippen molar-refractivity contribution in [3.63, 3.8) is 0 Å². The minimum absolute atomic E-state index is 0.0418. The fraction of sp³-hybridized carbons (Fsp3) is 0.148. The van der Waals surface area contributed by atoms with Gasteiger partial charge in [-0.2, -0.15) is 13.2 Å². The van der Waals surface area contributed by atoms with Crippen LogP contribution >= 0.6 is 0 Å². The molecule has 4 aromatic rings.